The molecule has 2 saturated heterocycles. The molecular weight excluding hydrogens is 334 g/mol. The molecule has 1 aromatic rings. The molecular formula is C18H27N5O3. The third-order valence-corrected chi connectivity index (χ3v) is 5.24. The maximum absolute atomic E-state index is 12.9. The molecule has 8 nitrogen and oxygen atoms in total. The van der Waals surface area contributed by atoms with E-state index in [2.05, 4.69) is 20.5 Å². The summed E-state index contributed by atoms with van der Waals surface area (Å²) in [6.07, 6.45) is 4.95. The zero-order valence-corrected chi connectivity index (χ0v) is 14.9. The molecule has 0 bridgehead atoms. The zero-order chi connectivity index (χ0) is 18.4. The van der Waals surface area contributed by atoms with Crippen LogP contribution in [0.5, 0.6) is 0 Å². The Hall–Kier alpha value is -2.35. The highest BCUT2D eigenvalue weighted by atomic mass is 16.4. The highest BCUT2D eigenvalue weighted by molar-refractivity contribution is 5.85. The molecule has 2 amide bonds. The van der Waals surface area contributed by atoms with Crippen molar-refractivity contribution in [3.05, 3.63) is 24.5 Å². The minimum absolute atomic E-state index is 0.0969. The van der Waals surface area contributed by atoms with Gasteiger partial charge < -0.3 is 25.5 Å². The number of piperazine rings is 1. The number of amides is 2. The van der Waals surface area contributed by atoms with Crippen LogP contribution in [0, 0.1) is 5.92 Å². The van der Waals surface area contributed by atoms with Crippen LogP contribution in [0.3, 0.4) is 0 Å². The van der Waals surface area contributed by atoms with Crippen LogP contribution >= 0.6 is 0 Å². The van der Waals surface area contributed by atoms with E-state index in [1.54, 1.807) is 17.3 Å². The summed E-state index contributed by atoms with van der Waals surface area (Å²) in [7, 11) is 0. The molecule has 3 rings (SSSR count). The normalized spacial score (nSPS) is 19.8. The van der Waals surface area contributed by atoms with Gasteiger partial charge in [-0.05, 0) is 50.4 Å². The minimum Gasteiger partial charge on any atom is -0.465 e. The molecule has 1 aromatic heterocycles. The number of nitrogens with zero attached hydrogens (tertiary/aromatic N) is 3. The molecule has 0 saturated carbocycles. The lowest BCUT2D eigenvalue weighted by Crippen LogP contribution is -2.55. The van der Waals surface area contributed by atoms with Crippen molar-refractivity contribution >= 4 is 17.7 Å². The summed E-state index contributed by atoms with van der Waals surface area (Å²) in [5.74, 6) is 0.287. The predicted molar refractivity (Wildman–Crippen MR) is 98.2 cm³/mol. The fraction of sp³-hybridized carbons (Fsp3) is 0.611. The number of nitrogens with one attached hydrogen (secondary N) is 2. The van der Waals surface area contributed by atoms with Crippen LogP contribution in [0.15, 0.2) is 24.5 Å². The van der Waals surface area contributed by atoms with Gasteiger partial charge in [0.2, 0.25) is 5.91 Å². The van der Waals surface area contributed by atoms with Crippen molar-refractivity contribution in [1.82, 2.24) is 20.5 Å². The molecule has 142 valence electrons. The van der Waals surface area contributed by atoms with E-state index in [0.29, 0.717) is 25.4 Å². The van der Waals surface area contributed by atoms with E-state index in [-0.39, 0.29) is 5.91 Å². The SMILES string of the molecule is O=C(O)NC(CC1CCNCC1)C(=O)N1CCN(c2ccncc2)CC1. The van der Waals surface area contributed by atoms with E-state index in [1.807, 2.05) is 12.1 Å². The van der Waals surface area contributed by atoms with Gasteiger partial charge in [0, 0.05) is 44.3 Å². The van der Waals surface area contributed by atoms with E-state index in [0.717, 1.165) is 44.7 Å². The summed E-state index contributed by atoms with van der Waals surface area (Å²) in [5.41, 5.74) is 1.10. The van der Waals surface area contributed by atoms with Gasteiger partial charge in [0.25, 0.3) is 0 Å². The first-order chi connectivity index (χ1) is 12.6. The van der Waals surface area contributed by atoms with Crippen molar-refractivity contribution in [2.45, 2.75) is 25.3 Å². The molecule has 3 heterocycles. The van der Waals surface area contributed by atoms with Crippen LogP contribution in [-0.4, -0.2) is 72.3 Å². The highest BCUT2D eigenvalue weighted by Crippen LogP contribution is 2.20. The quantitative estimate of drug-likeness (QED) is 0.716. The highest BCUT2D eigenvalue weighted by Gasteiger charge is 2.31. The number of carbonyl (C=O) groups excluding carboxylic acids is 1. The van der Waals surface area contributed by atoms with Crippen molar-refractivity contribution in [3.63, 3.8) is 0 Å². The Balaban J connectivity index is 1.57. The van der Waals surface area contributed by atoms with Crippen molar-refractivity contribution < 1.29 is 14.7 Å². The first-order valence-electron chi connectivity index (χ1n) is 9.27. The van der Waals surface area contributed by atoms with Crippen LogP contribution in [0.1, 0.15) is 19.3 Å². The third-order valence-electron chi connectivity index (χ3n) is 5.24. The van der Waals surface area contributed by atoms with Gasteiger partial charge in [-0.1, -0.05) is 0 Å². The number of piperidine rings is 1. The number of hydrogen-bond donors (Lipinski definition) is 3. The summed E-state index contributed by atoms with van der Waals surface area (Å²) < 4.78 is 0. The Morgan fingerprint density at radius 2 is 1.85 bits per heavy atom. The lowest BCUT2D eigenvalue weighted by Gasteiger charge is -2.38. The van der Waals surface area contributed by atoms with Crippen LogP contribution in [0.25, 0.3) is 0 Å². The standard InChI is InChI=1S/C18H27N5O3/c24-17(16(21-18(25)26)13-14-1-5-19-6-2-14)23-11-9-22(10-12-23)15-3-7-20-8-4-15/h3-4,7-8,14,16,19,21H,1-2,5-6,9-13H2,(H,25,26). The summed E-state index contributed by atoms with van der Waals surface area (Å²) >= 11 is 0. The molecule has 2 fully saturated rings. The van der Waals surface area contributed by atoms with E-state index < -0.39 is 12.1 Å². The van der Waals surface area contributed by atoms with E-state index in [1.165, 1.54) is 0 Å². The van der Waals surface area contributed by atoms with E-state index in [4.69, 9.17) is 5.11 Å². The van der Waals surface area contributed by atoms with E-state index in [9.17, 15) is 9.59 Å². The Morgan fingerprint density at radius 3 is 2.46 bits per heavy atom. The number of carboxylic acid groups (broad SMARTS) is 1. The number of aromatic nitrogens is 1. The Kier molecular flexibility index (Phi) is 6.27. The molecule has 0 aliphatic carbocycles. The molecule has 26 heavy (non-hydrogen) atoms. The molecule has 0 radical (unpaired) electrons. The molecule has 0 aromatic carbocycles. The van der Waals surface area contributed by atoms with Gasteiger partial charge in [0.15, 0.2) is 0 Å². The third kappa shape index (κ3) is 4.85. The Labute approximate surface area is 153 Å². The molecule has 0 spiro atoms. The summed E-state index contributed by atoms with van der Waals surface area (Å²) in [6.45, 7) is 4.55. The van der Waals surface area contributed by atoms with Crippen molar-refractivity contribution in [2.24, 2.45) is 5.92 Å². The Morgan fingerprint density at radius 1 is 1.19 bits per heavy atom. The smallest absolute Gasteiger partial charge is 0.405 e. The van der Waals surface area contributed by atoms with Crippen molar-refractivity contribution in [3.8, 4) is 0 Å². The molecule has 1 atom stereocenters. The van der Waals surface area contributed by atoms with Crippen LogP contribution in [0.4, 0.5) is 10.5 Å². The maximum Gasteiger partial charge on any atom is 0.405 e. The van der Waals surface area contributed by atoms with Gasteiger partial charge in [0.1, 0.15) is 6.04 Å². The number of anilines is 1. The van der Waals surface area contributed by atoms with E-state index >= 15 is 0 Å². The van der Waals surface area contributed by atoms with Crippen LogP contribution in [0.2, 0.25) is 0 Å². The first-order valence-corrected chi connectivity index (χ1v) is 9.27. The monoisotopic (exact) mass is 361 g/mol. The zero-order valence-electron chi connectivity index (χ0n) is 14.9. The molecule has 8 heteroatoms. The minimum atomic E-state index is -1.13. The predicted octanol–water partition coefficient (Wildman–Crippen LogP) is 0.756. The van der Waals surface area contributed by atoms with Crippen LogP contribution in [-0.2, 0) is 4.79 Å². The largest absolute Gasteiger partial charge is 0.465 e. The topological polar surface area (TPSA) is 97.8 Å². The average Bonchev–Trinajstić information content (AvgIpc) is 2.68. The molecule has 1 unspecified atom stereocenters. The van der Waals surface area contributed by atoms with Crippen molar-refractivity contribution in [1.29, 1.82) is 0 Å². The van der Waals surface area contributed by atoms with Gasteiger partial charge in [0.05, 0.1) is 0 Å². The second kappa shape index (κ2) is 8.84. The van der Waals surface area contributed by atoms with Crippen LogP contribution < -0.4 is 15.5 Å². The number of pyridine rings is 1. The second-order valence-electron chi connectivity index (χ2n) is 6.95. The summed E-state index contributed by atoms with van der Waals surface area (Å²) in [5, 5.41) is 14.9. The Bertz CT molecular complexity index is 598. The van der Waals surface area contributed by atoms with Gasteiger partial charge >= 0.3 is 6.09 Å². The molecule has 3 N–H and O–H groups in total. The van der Waals surface area contributed by atoms with Gasteiger partial charge in [-0.3, -0.25) is 9.78 Å². The van der Waals surface area contributed by atoms with Crippen molar-refractivity contribution in [2.75, 3.05) is 44.2 Å². The summed E-state index contributed by atoms with van der Waals surface area (Å²) in [4.78, 5) is 32.1. The second-order valence-corrected chi connectivity index (χ2v) is 6.95. The molecule has 2 aliphatic rings. The fourth-order valence-corrected chi connectivity index (χ4v) is 3.78. The lowest BCUT2D eigenvalue weighted by molar-refractivity contribution is -0.134. The first kappa shape index (κ1) is 18.4. The van der Waals surface area contributed by atoms with Gasteiger partial charge in [-0.15, -0.1) is 0 Å². The fourth-order valence-electron chi connectivity index (χ4n) is 3.78. The molecule has 2 aliphatic heterocycles. The number of carbonyl (C=O) groups is 2. The summed E-state index contributed by atoms with van der Waals surface area (Å²) in [6, 6.07) is 3.27. The maximum atomic E-state index is 12.9. The van der Waals surface area contributed by atoms with Gasteiger partial charge in [-0.2, -0.15) is 0 Å². The average molecular weight is 361 g/mol. The number of rotatable bonds is 5. The number of hydrogen-bond acceptors (Lipinski definition) is 5. The lowest BCUT2D eigenvalue weighted by atomic mass is 9.90. The van der Waals surface area contributed by atoms with Gasteiger partial charge in [-0.25, -0.2) is 4.79 Å².